The van der Waals surface area contributed by atoms with Gasteiger partial charge in [0.1, 0.15) is 5.75 Å². The number of rotatable bonds is 6. The summed E-state index contributed by atoms with van der Waals surface area (Å²) in [6, 6.07) is 9.46. The van der Waals surface area contributed by atoms with Gasteiger partial charge in [0.25, 0.3) is 11.8 Å². The Bertz CT molecular complexity index is 1250. The number of carbonyl (C=O) groups excluding carboxylic acids is 2. The predicted octanol–water partition coefficient (Wildman–Crippen LogP) is 3.78. The van der Waals surface area contributed by atoms with E-state index in [1.54, 1.807) is 47.4 Å². The van der Waals surface area contributed by atoms with Crippen molar-refractivity contribution < 1.29 is 22.7 Å². The van der Waals surface area contributed by atoms with Crippen molar-refractivity contribution >= 4 is 33.4 Å². The molecular weight excluding hydrogens is 494 g/mol. The van der Waals surface area contributed by atoms with E-state index < -0.39 is 40.0 Å². The Hall–Kier alpha value is -2.82. The van der Waals surface area contributed by atoms with Gasteiger partial charge in [0, 0.05) is 27.8 Å². The zero-order chi connectivity index (χ0) is 25.3. The molecular formula is C24H26ClN3O6S. The van der Waals surface area contributed by atoms with Crippen LogP contribution in [0.25, 0.3) is 0 Å². The van der Waals surface area contributed by atoms with Gasteiger partial charge in [-0.25, -0.2) is 13.1 Å². The van der Waals surface area contributed by atoms with Gasteiger partial charge in [-0.2, -0.15) is 0 Å². The maximum atomic E-state index is 14.0. The number of ether oxygens (including phenoxy) is 1. The number of hydrogen-bond donors (Lipinski definition) is 1. The number of halogens is 1. The Morgan fingerprint density at radius 1 is 1.14 bits per heavy atom. The molecule has 0 spiro atoms. The molecule has 1 N–H and O–H groups in total. The highest BCUT2D eigenvalue weighted by Gasteiger charge is 2.49. The fourth-order valence-electron chi connectivity index (χ4n) is 5.27. The van der Waals surface area contributed by atoms with Gasteiger partial charge in [-0.15, -0.1) is 4.91 Å². The van der Waals surface area contributed by atoms with Crippen LogP contribution in [-0.2, 0) is 14.8 Å². The molecule has 1 aliphatic carbocycles. The summed E-state index contributed by atoms with van der Waals surface area (Å²) in [5, 5.41) is 3.21. The first-order valence-electron chi connectivity index (χ1n) is 11.2. The SMILES string of the molecule is COc1ccc2c(c1)[C@@H](C(=O)N=O)[C@H](c1ccc(Cl)cc1)N([C@H]1CCCC[C@@H]1NS(C)(=O)=O)C2=O. The van der Waals surface area contributed by atoms with Crippen LogP contribution in [0.15, 0.2) is 47.6 Å². The van der Waals surface area contributed by atoms with Crippen molar-refractivity contribution in [3.05, 3.63) is 69.1 Å². The highest BCUT2D eigenvalue weighted by Crippen LogP contribution is 2.47. The summed E-state index contributed by atoms with van der Waals surface area (Å²) in [4.78, 5) is 40.2. The number of nitrogens with one attached hydrogen (secondary N) is 1. The standard InChI is InChI=1S/C24H26ClN3O6S/c1-34-16-11-12-17-18(13-16)21(23(29)26-31)22(14-7-9-15(25)10-8-14)28(24(17)30)20-6-4-3-5-19(20)27-35(2,32)33/h7-13,19-22,27H,3-6H2,1-2H3/t19-,20-,21+,22-/m0/s1. The van der Waals surface area contributed by atoms with Gasteiger partial charge in [-0.3, -0.25) is 9.59 Å². The minimum absolute atomic E-state index is 0.252. The van der Waals surface area contributed by atoms with Crippen molar-refractivity contribution in [3.8, 4) is 5.75 Å². The first kappa shape index (κ1) is 25.3. The van der Waals surface area contributed by atoms with Crippen LogP contribution in [0.1, 0.15) is 59.1 Å². The molecule has 0 bridgehead atoms. The minimum Gasteiger partial charge on any atom is -0.497 e. The highest BCUT2D eigenvalue weighted by molar-refractivity contribution is 7.88. The lowest BCUT2D eigenvalue weighted by molar-refractivity contribution is -0.121. The van der Waals surface area contributed by atoms with E-state index in [0.29, 0.717) is 34.7 Å². The Kier molecular flexibility index (Phi) is 7.25. The molecule has 0 aromatic heterocycles. The fourth-order valence-corrected chi connectivity index (χ4v) is 6.22. The van der Waals surface area contributed by atoms with Gasteiger partial charge in [-0.1, -0.05) is 36.6 Å². The average Bonchev–Trinajstić information content (AvgIpc) is 2.83. The molecule has 11 heteroatoms. The van der Waals surface area contributed by atoms with Crippen molar-refractivity contribution in [2.24, 2.45) is 5.18 Å². The molecule has 1 saturated carbocycles. The van der Waals surface area contributed by atoms with Crippen LogP contribution >= 0.6 is 11.6 Å². The molecule has 186 valence electrons. The van der Waals surface area contributed by atoms with Gasteiger partial charge in [0.05, 0.1) is 25.3 Å². The number of sulfonamides is 1. The summed E-state index contributed by atoms with van der Waals surface area (Å²) >= 11 is 6.10. The van der Waals surface area contributed by atoms with Gasteiger partial charge < -0.3 is 9.64 Å². The second-order valence-corrected chi connectivity index (χ2v) is 11.1. The molecule has 2 amide bonds. The summed E-state index contributed by atoms with van der Waals surface area (Å²) in [5.74, 6) is -1.96. The van der Waals surface area contributed by atoms with Crippen LogP contribution in [0.4, 0.5) is 0 Å². The lowest BCUT2D eigenvalue weighted by Gasteiger charge is -2.48. The molecule has 0 radical (unpaired) electrons. The van der Waals surface area contributed by atoms with Gasteiger partial charge >= 0.3 is 0 Å². The number of benzene rings is 2. The molecule has 2 aliphatic rings. The normalized spacial score (nSPS) is 24.5. The molecule has 0 unspecified atom stereocenters. The molecule has 1 aliphatic heterocycles. The molecule has 1 heterocycles. The lowest BCUT2D eigenvalue weighted by atomic mass is 9.76. The van der Waals surface area contributed by atoms with Gasteiger partial charge in [0.15, 0.2) is 0 Å². The van der Waals surface area contributed by atoms with E-state index >= 15 is 0 Å². The maximum Gasteiger partial charge on any atom is 0.296 e. The van der Waals surface area contributed by atoms with E-state index in [-0.39, 0.29) is 11.5 Å². The van der Waals surface area contributed by atoms with Crippen molar-refractivity contribution in [3.63, 3.8) is 0 Å². The average molecular weight is 520 g/mol. The largest absolute Gasteiger partial charge is 0.497 e. The Morgan fingerprint density at radius 2 is 1.83 bits per heavy atom. The Balaban J connectivity index is 1.94. The third-order valence-electron chi connectivity index (χ3n) is 6.69. The van der Waals surface area contributed by atoms with E-state index in [4.69, 9.17) is 16.3 Å². The van der Waals surface area contributed by atoms with Crippen molar-refractivity contribution in [1.29, 1.82) is 0 Å². The molecule has 4 rings (SSSR count). The summed E-state index contributed by atoms with van der Waals surface area (Å²) in [5.41, 5.74) is 1.18. The summed E-state index contributed by atoms with van der Waals surface area (Å²) in [7, 11) is -2.10. The molecule has 4 atom stereocenters. The number of amides is 2. The highest BCUT2D eigenvalue weighted by atomic mass is 35.5. The second-order valence-electron chi connectivity index (χ2n) is 8.92. The fraction of sp³-hybridized carbons (Fsp3) is 0.417. The van der Waals surface area contributed by atoms with Gasteiger partial charge in [-0.05, 0) is 54.3 Å². The molecule has 2 aromatic rings. The topological polar surface area (TPSA) is 122 Å². The Morgan fingerprint density at radius 3 is 2.46 bits per heavy atom. The zero-order valence-corrected chi connectivity index (χ0v) is 20.9. The van der Waals surface area contributed by atoms with Crippen LogP contribution in [-0.4, -0.2) is 50.6 Å². The summed E-state index contributed by atoms with van der Waals surface area (Å²) < 4.78 is 32.2. The monoisotopic (exact) mass is 519 g/mol. The maximum absolute atomic E-state index is 14.0. The van der Waals surface area contributed by atoms with Crippen LogP contribution in [0.5, 0.6) is 5.75 Å². The molecule has 2 aromatic carbocycles. The summed E-state index contributed by atoms with van der Waals surface area (Å²) in [6.07, 6.45) is 3.73. The summed E-state index contributed by atoms with van der Waals surface area (Å²) in [6.45, 7) is 0. The first-order chi connectivity index (χ1) is 16.6. The minimum atomic E-state index is -3.56. The molecule has 1 fully saturated rings. The predicted molar refractivity (Wildman–Crippen MR) is 131 cm³/mol. The lowest BCUT2D eigenvalue weighted by Crippen LogP contribution is -2.58. The van der Waals surface area contributed by atoms with E-state index in [0.717, 1.165) is 19.1 Å². The van der Waals surface area contributed by atoms with Crippen LogP contribution in [0, 0.1) is 4.91 Å². The number of carbonyl (C=O) groups is 2. The number of methoxy groups -OCH3 is 1. The van der Waals surface area contributed by atoms with E-state index in [9.17, 15) is 22.9 Å². The second kappa shape index (κ2) is 10.0. The Labute approximate surface area is 208 Å². The van der Waals surface area contributed by atoms with Crippen LogP contribution < -0.4 is 9.46 Å². The van der Waals surface area contributed by atoms with E-state index in [1.165, 1.54) is 7.11 Å². The third kappa shape index (κ3) is 5.10. The number of hydrogen-bond acceptors (Lipinski definition) is 6. The zero-order valence-electron chi connectivity index (χ0n) is 19.3. The number of nitrogens with zero attached hydrogens (tertiary/aromatic N) is 2. The van der Waals surface area contributed by atoms with Crippen molar-refractivity contribution in [2.75, 3.05) is 13.4 Å². The van der Waals surface area contributed by atoms with Crippen LogP contribution in [0.2, 0.25) is 5.02 Å². The van der Waals surface area contributed by atoms with E-state index in [2.05, 4.69) is 9.90 Å². The number of fused-ring (bicyclic) bond motifs is 1. The smallest absolute Gasteiger partial charge is 0.296 e. The van der Waals surface area contributed by atoms with Crippen molar-refractivity contribution in [1.82, 2.24) is 9.62 Å². The molecule has 35 heavy (non-hydrogen) atoms. The molecule has 9 nitrogen and oxygen atoms in total. The molecule has 0 saturated heterocycles. The third-order valence-corrected chi connectivity index (χ3v) is 7.68. The van der Waals surface area contributed by atoms with Crippen LogP contribution in [0.3, 0.4) is 0 Å². The van der Waals surface area contributed by atoms with Gasteiger partial charge in [0.2, 0.25) is 10.0 Å². The number of nitroso groups, excluding NO2 is 1. The first-order valence-corrected chi connectivity index (χ1v) is 13.5. The quantitative estimate of drug-likeness (QED) is 0.579. The van der Waals surface area contributed by atoms with E-state index in [1.807, 2.05) is 0 Å². The van der Waals surface area contributed by atoms with Crippen molar-refractivity contribution in [2.45, 2.75) is 49.7 Å².